The molecule has 1 aromatic rings. The van der Waals surface area contributed by atoms with Gasteiger partial charge in [0.2, 0.25) is 0 Å². The van der Waals surface area contributed by atoms with E-state index >= 15 is 0 Å². The molecule has 0 fully saturated rings. The van der Waals surface area contributed by atoms with Crippen molar-refractivity contribution in [1.29, 1.82) is 0 Å². The molecule has 0 heterocycles. The topological polar surface area (TPSA) is 77.0 Å². The summed E-state index contributed by atoms with van der Waals surface area (Å²) >= 11 is 0. The lowest BCUT2D eigenvalue weighted by Gasteiger charge is -2.21. The van der Waals surface area contributed by atoms with Gasteiger partial charge < -0.3 is 9.57 Å². The van der Waals surface area contributed by atoms with E-state index < -0.39 is 11.9 Å². The fourth-order valence-corrected chi connectivity index (χ4v) is 1.79. The van der Waals surface area contributed by atoms with Gasteiger partial charge in [-0.1, -0.05) is 48.5 Å². The number of nitrogens with zero attached hydrogens (tertiary/aromatic N) is 1. The Morgan fingerprint density at radius 2 is 1.50 bits per heavy atom. The van der Waals surface area contributed by atoms with Crippen LogP contribution < -0.4 is 5.48 Å². The Labute approximate surface area is 158 Å². The summed E-state index contributed by atoms with van der Waals surface area (Å²) in [5, 5.41) is 0. The van der Waals surface area contributed by atoms with Crippen LogP contribution >= 0.6 is 0 Å². The number of rotatable bonds is 2. The number of methoxy groups -OCH3 is 1. The summed E-state index contributed by atoms with van der Waals surface area (Å²) in [6.07, 6.45) is 0. The SMILES string of the molecule is CC.CC.CN=C(NOC(C)=O)c1cc(C(=O)OC)cc(C(C)(C)C)c1. The van der Waals surface area contributed by atoms with Gasteiger partial charge in [0.25, 0.3) is 0 Å². The van der Waals surface area contributed by atoms with E-state index in [2.05, 4.69) is 10.5 Å². The van der Waals surface area contributed by atoms with Crippen LogP contribution in [0.5, 0.6) is 0 Å². The highest BCUT2D eigenvalue weighted by Gasteiger charge is 2.19. The summed E-state index contributed by atoms with van der Waals surface area (Å²) < 4.78 is 4.79. The standard InChI is InChI=1S/C16H22N2O4.2C2H6/c1-10(19)22-18-14(17-5)11-7-12(15(20)21-6)9-13(8-11)16(2,3)4;2*1-2/h7-9H,1-6H3,(H,17,18);2*1-2H3. The van der Waals surface area contributed by atoms with Gasteiger partial charge in [-0.3, -0.25) is 9.79 Å². The van der Waals surface area contributed by atoms with Crippen LogP contribution in [0.3, 0.4) is 0 Å². The zero-order valence-electron chi connectivity index (χ0n) is 17.8. The van der Waals surface area contributed by atoms with Crippen LogP contribution in [0.15, 0.2) is 23.2 Å². The van der Waals surface area contributed by atoms with Crippen molar-refractivity contribution >= 4 is 17.8 Å². The van der Waals surface area contributed by atoms with Crippen LogP contribution in [0.2, 0.25) is 0 Å². The third kappa shape index (κ3) is 8.65. The molecule has 6 nitrogen and oxygen atoms in total. The van der Waals surface area contributed by atoms with E-state index in [0.29, 0.717) is 17.0 Å². The number of amidine groups is 1. The molecule has 1 rings (SSSR count). The molecule has 1 N–H and O–H groups in total. The van der Waals surface area contributed by atoms with Crippen molar-refractivity contribution < 1.29 is 19.2 Å². The Morgan fingerprint density at radius 3 is 1.88 bits per heavy atom. The van der Waals surface area contributed by atoms with Crippen LogP contribution in [0, 0.1) is 0 Å². The number of hydrogen-bond acceptors (Lipinski definition) is 5. The van der Waals surface area contributed by atoms with Gasteiger partial charge in [-0.15, -0.1) is 0 Å². The average Bonchev–Trinajstić information content (AvgIpc) is 2.63. The number of ether oxygens (including phenoxy) is 1. The molecule has 0 amide bonds. The molecule has 6 heteroatoms. The lowest BCUT2D eigenvalue weighted by molar-refractivity contribution is -0.145. The summed E-state index contributed by atoms with van der Waals surface area (Å²) in [5.74, 6) is -0.567. The van der Waals surface area contributed by atoms with Crippen LogP contribution in [-0.4, -0.2) is 31.9 Å². The second-order valence-electron chi connectivity index (χ2n) is 5.81. The van der Waals surface area contributed by atoms with Gasteiger partial charge in [0.05, 0.1) is 12.7 Å². The van der Waals surface area contributed by atoms with Gasteiger partial charge in [0.15, 0.2) is 5.84 Å². The minimum Gasteiger partial charge on any atom is -0.465 e. The van der Waals surface area contributed by atoms with E-state index in [1.807, 2.05) is 54.5 Å². The maximum atomic E-state index is 11.9. The Kier molecular flexibility index (Phi) is 12.8. The van der Waals surface area contributed by atoms with E-state index in [9.17, 15) is 9.59 Å². The first-order chi connectivity index (χ1) is 12.2. The molecule has 0 saturated heterocycles. The van der Waals surface area contributed by atoms with Crippen LogP contribution in [0.25, 0.3) is 0 Å². The number of hydrogen-bond donors (Lipinski definition) is 1. The highest BCUT2D eigenvalue weighted by Crippen LogP contribution is 2.25. The Hall–Kier alpha value is -2.37. The number of esters is 1. The minimum absolute atomic E-state index is 0.168. The molecule has 0 aromatic heterocycles. The van der Waals surface area contributed by atoms with Crippen molar-refractivity contribution in [2.45, 2.75) is 60.8 Å². The maximum Gasteiger partial charge on any atom is 0.337 e. The van der Waals surface area contributed by atoms with Crippen molar-refractivity contribution in [3.05, 3.63) is 34.9 Å². The van der Waals surface area contributed by atoms with Gasteiger partial charge >= 0.3 is 11.9 Å². The lowest BCUT2D eigenvalue weighted by atomic mass is 9.85. The number of aliphatic imine (C=N–C) groups is 1. The lowest BCUT2D eigenvalue weighted by Crippen LogP contribution is -2.27. The first kappa shape index (κ1) is 25.9. The Balaban J connectivity index is 0. The van der Waals surface area contributed by atoms with Crippen LogP contribution in [0.4, 0.5) is 0 Å². The molecule has 1 aromatic carbocycles. The van der Waals surface area contributed by atoms with E-state index in [0.717, 1.165) is 5.56 Å². The first-order valence-electron chi connectivity index (χ1n) is 8.83. The molecule has 0 aliphatic heterocycles. The highest BCUT2D eigenvalue weighted by atomic mass is 16.7. The predicted octanol–water partition coefficient (Wildman–Crippen LogP) is 4.27. The molecule has 148 valence electrons. The molecular formula is C20H34N2O4. The summed E-state index contributed by atoms with van der Waals surface area (Å²) in [5.41, 5.74) is 4.32. The van der Waals surface area contributed by atoms with E-state index in [1.165, 1.54) is 14.0 Å². The summed E-state index contributed by atoms with van der Waals surface area (Å²) in [6, 6.07) is 5.32. The van der Waals surface area contributed by atoms with Crippen molar-refractivity contribution in [2.75, 3.05) is 14.2 Å². The predicted molar refractivity (Wildman–Crippen MR) is 107 cm³/mol. The smallest absolute Gasteiger partial charge is 0.337 e. The summed E-state index contributed by atoms with van der Waals surface area (Å²) in [4.78, 5) is 31.6. The second-order valence-corrected chi connectivity index (χ2v) is 5.81. The maximum absolute atomic E-state index is 11.9. The molecule has 0 spiro atoms. The number of nitrogens with one attached hydrogen (secondary N) is 1. The third-order valence-electron chi connectivity index (χ3n) is 3.01. The molecule has 0 aliphatic rings. The molecule has 0 unspecified atom stereocenters. The fraction of sp³-hybridized carbons (Fsp3) is 0.550. The largest absolute Gasteiger partial charge is 0.465 e. The zero-order valence-corrected chi connectivity index (χ0v) is 17.8. The molecule has 0 radical (unpaired) electrons. The molecular weight excluding hydrogens is 332 g/mol. The van der Waals surface area contributed by atoms with Crippen LogP contribution in [-0.2, 0) is 19.8 Å². The van der Waals surface area contributed by atoms with Gasteiger partial charge in [-0.2, -0.15) is 0 Å². The van der Waals surface area contributed by atoms with Gasteiger partial charge in [0.1, 0.15) is 0 Å². The average molecular weight is 367 g/mol. The van der Waals surface area contributed by atoms with Gasteiger partial charge in [-0.25, -0.2) is 10.3 Å². The van der Waals surface area contributed by atoms with Crippen LogP contribution in [0.1, 0.15) is 76.9 Å². The molecule has 0 saturated carbocycles. The van der Waals surface area contributed by atoms with E-state index in [-0.39, 0.29) is 5.41 Å². The van der Waals surface area contributed by atoms with Gasteiger partial charge in [-0.05, 0) is 29.2 Å². The molecule has 0 bridgehead atoms. The number of benzene rings is 1. The quantitative estimate of drug-likeness (QED) is 0.366. The first-order valence-corrected chi connectivity index (χ1v) is 8.83. The normalized spacial score (nSPS) is 10.5. The van der Waals surface area contributed by atoms with Crippen molar-refractivity contribution in [3.8, 4) is 0 Å². The Morgan fingerprint density at radius 1 is 1.00 bits per heavy atom. The Bertz CT molecular complexity index is 602. The number of carbonyl (C=O) groups excluding carboxylic acids is 2. The zero-order chi connectivity index (χ0) is 20.9. The monoisotopic (exact) mass is 366 g/mol. The summed E-state index contributed by atoms with van der Waals surface area (Å²) in [6.45, 7) is 15.4. The third-order valence-corrected chi connectivity index (χ3v) is 3.01. The molecule has 0 aliphatic carbocycles. The fourth-order valence-electron chi connectivity index (χ4n) is 1.79. The van der Waals surface area contributed by atoms with Gasteiger partial charge in [0, 0.05) is 19.5 Å². The van der Waals surface area contributed by atoms with Crippen molar-refractivity contribution in [3.63, 3.8) is 0 Å². The highest BCUT2D eigenvalue weighted by molar-refractivity contribution is 6.01. The van der Waals surface area contributed by atoms with E-state index in [1.54, 1.807) is 19.2 Å². The molecule has 0 atom stereocenters. The van der Waals surface area contributed by atoms with Crippen molar-refractivity contribution in [2.24, 2.45) is 4.99 Å². The second kappa shape index (κ2) is 12.9. The number of carbonyl (C=O) groups is 2. The minimum atomic E-state index is -0.485. The number of hydroxylamine groups is 1. The van der Waals surface area contributed by atoms with E-state index in [4.69, 9.17) is 9.57 Å². The van der Waals surface area contributed by atoms with Crippen molar-refractivity contribution in [1.82, 2.24) is 5.48 Å². The summed E-state index contributed by atoms with van der Waals surface area (Å²) in [7, 11) is 2.89. The molecule has 26 heavy (non-hydrogen) atoms.